The highest BCUT2D eigenvalue weighted by Gasteiger charge is 1.97. The zero-order valence-corrected chi connectivity index (χ0v) is 10.9. The zero-order chi connectivity index (χ0) is 14.0. The van der Waals surface area contributed by atoms with Crippen LogP contribution < -0.4 is 0 Å². The Balaban J connectivity index is 4.02. The largest absolute Gasteiger partial charge is 0.440 e. The highest BCUT2D eigenvalue weighted by atomic mass is 16.5. The molecule has 6 nitrogen and oxygen atoms in total. The minimum Gasteiger partial charge on any atom is -0.440 e. The van der Waals surface area contributed by atoms with Gasteiger partial charge in [-0.3, -0.25) is 9.80 Å². The maximum atomic E-state index is 11.0. The summed E-state index contributed by atoms with van der Waals surface area (Å²) in [6.07, 6.45) is 0. The number of ether oxygens (including phenoxy) is 2. The third-order valence-corrected chi connectivity index (χ3v) is 1.30. The molecule has 0 aliphatic rings. The van der Waals surface area contributed by atoms with E-state index in [1.165, 1.54) is 0 Å². The van der Waals surface area contributed by atoms with Crippen LogP contribution in [0.1, 0.15) is 0 Å². The summed E-state index contributed by atoms with van der Waals surface area (Å²) in [5.74, 6) is 7.29. The van der Waals surface area contributed by atoms with Crippen molar-refractivity contribution in [2.45, 2.75) is 0 Å². The molecule has 98 valence electrons. The van der Waals surface area contributed by atoms with E-state index in [1.807, 2.05) is 0 Å². The summed E-state index contributed by atoms with van der Waals surface area (Å²) in [7, 11) is 7.01. The Bertz CT molecular complexity index is 367. The van der Waals surface area contributed by atoms with E-state index in [0.717, 1.165) is 0 Å². The van der Waals surface area contributed by atoms with E-state index in [0.29, 0.717) is 0 Å². The normalized spacial score (nSPS) is 9.00. The molecule has 0 bridgehead atoms. The van der Waals surface area contributed by atoms with Crippen LogP contribution in [0.25, 0.3) is 0 Å². The molecule has 0 saturated carbocycles. The minimum absolute atomic E-state index is 0.145. The monoisotopic (exact) mass is 252 g/mol. The van der Waals surface area contributed by atoms with Gasteiger partial charge in [-0.05, 0) is 40.0 Å². The lowest BCUT2D eigenvalue weighted by Crippen LogP contribution is -2.18. The molecule has 0 N–H and O–H groups in total. The molecule has 0 aromatic rings. The second kappa shape index (κ2) is 9.06. The fourth-order valence-electron chi connectivity index (χ4n) is 0.612. The number of hydrogen-bond acceptors (Lipinski definition) is 6. The Labute approximate surface area is 107 Å². The Morgan fingerprint density at radius 1 is 0.833 bits per heavy atom. The predicted molar refractivity (Wildman–Crippen MR) is 64.8 cm³/mol. The van der Waals surface area contributed by atoms with Crippen molar-refractivity contribution in [1.82, 2.24) is 9.80 Å². The van der Waals surface area contributed by atoms with Gasteiger partial charge in [-0.2, -0.15) is 0 Å². The number of rotatable bonds is 4. The lowest BCUT2D eigenvalue weighted by molar-refractivity contribution is -0.141. The van der Waals surface area contributed by atoms with Crippen molar-refractivity contribution < 1.29 is 19.1 Å². The van der Waals surface area contributed by atoms with Crippen LogP contribution in [0.2, 0.25) is 0 Å². The Kier molecular flexibility index (Phi) is 8.04. The standard InChI is InChI=1S/C12H16N2O4/c1-13(2)9-17-11(15)7-5-6-8-12(16)18-10-14(3)4/h9-10H2,1-4H3. The lowest BCUT2D eigenvalue weighted by atomic mass is 10.5. The number of carbonyl (C=O) groups is 2. The highest BCUT2D eigenvalue weighted by Crippen LogP contribution is 1.80. The smallest absolute Gasteiger partial charge is 0.386 e. The summed E-state index contributed by atoms with van der Waals surface area (Å²) in [5.41, 5.74) is 0. The molecule has 0 amide bonds. The molecule has 0 saturated heterocycles. The molecule has 18 heavy (non-hydrogen) atoms. The first-order valence-corrected chi connectivity index (χ1v) is 5.07. The number of esters is 2. The fraction of sp³-hybridized carbons (Fsp3) is 0.500. The van der Waals surface area contributed by atoms with Gasteiger partial charge in [-0.25, -0.2) is 9.59 Å². The van der Waals surface area contributed by atoms with E-state index in [-0.39, 0.29) is 13.5 Å². The van der Waals surface area contributed by atoms with Crippen molar-refractivity contribution in [2.24, 2.45) is 0 Å². The number of carbonyl (C=O) groups excluding carboxylic acids is 2. The average Bonchev–Trinajstić information content (AvgIpc) is 2.29. The molecular weight excluding hydrogens is 236 g/mol. The SMILES string of the molecule is CN(C)COC(=O)C#CC#CC(=O)OCN(C)C. The molecule has 0 aliphatic heterocycles. The molecule has 0 rings (SSSR count). The van der Waals surface area contributed by atoms with Gasteiger partial charge in [-0.15, -0.1) is 0 Å². The molecule has 0 heterocycles. The maximum Gasteiger partial charge on any atom is 0.386 e. The van der Waals surface area contributed by atoms with Crippen LogP contribution in [-0.4, -0.2) is 63.4 Å². The summed E-state index contributed by atoms with van der Waals surface area (Å²) in [6.45, 7) is 0.289. The second-order valence-electron chi connectivity index (χ2n) is 3.78. The van der Waals surface area contributed by atoms with Crippen LogP contribution in [-0.2, 0) is 19.1 Å². The zero-order valence-electron chi connectivity index (χ0n) is 10.9. The van der Waals surface area contributed by atoms with Crippen molar-refractivity contribution in [1.29, 1.82) is 0 Å². The molecule has 0 radical (unpaired) electrons. The molecule has 6 heteroatoms. The van der Waals surface area contributed by atoms with Gasteiger partial charge < -0.3 is 9.47 Å². The quantitative estimate of drug-likeness (QED) is 0.280. The summed E-state index contributed by atoms with van der Waals surface area (Å²) in [4.78, 5) is 25.3. The van der Waals surface area contributed by atoms with Crippen LogP contribution in [0.15, 0.2) is 0 Å². The van der Waals surface area contributed by atoms with Crippen LogP contribution >= 0.6 is 0 Å². The number of nitrogens with zero attached hydrogens (tertiary/aromatic N) is 2. The first-order valence-electron chi connectivity index (χ1n) is 5.07. The van der Waals surface area contributed by atoms with Crippen molar-refractivity contribution in [3.05, 3.63) is 0 Å². The molecule has 0 atom stereocenters. The summed E-state index contributed by atoms with van der Waals surface area (Å²) in [5, 5.41) is 0. The van der Waals surface area contributed by atoms with Crippen LogP contribution in [0.4, 0.5) is 0 Å². The van der Waals surface area contributed by atoms with Gasteiger partial charge in [0.1, 0.15) is 13.5 Å². The van der Waals surface area contributed by atoms with Crippen molar-refractivity contribution in [3.8, 4) is 23.7 Å². The lowest BCUT2D eigenvalue weighted by Gasteiger charge is -2.07. The van der Waals surface area contributed by atoms with Gasteiger partial charge in [0.05, 0.1) is 0 Å². The third-order valence-electron chi connectivity index (χ3n) is 1.30. The van der Waals surface area contributed by atoms with Gasteiger partial charge in [0.25, 0.3) is 0 Å². The molecule has 0 aliphatic carbocycles. The first kappa shape index (κ1) is 16.0. The van der Waals surface area contributed by atoms with Gasteiger partial charge in [0.2, 0.25) is 0 Å². The highest BCUT2D eigenvalue weighted by molar-refractivity contribution is 5.91. The Morgan fingerprint density at radius 2 is 1.17 bits per heavy atom. The summed E-state index contributed by atoms with van der Waals surface area (Å²) < 4.78 is 9.42. The number of hydrogen-bond donors (Lipinski definition) is 0. The van der Waals surface area contributed by atoms with Crippen LogP contribution in [0, 0.1) is 23.7 Å². The Hall–Kier alpha value is -2.02. The van der Waals surface area contributed by atoms with Crippen molar-refractivity contribution in [3.63, 3.8) is 0 Å². The second-order valence-corrected chi connectivity index (χ2v) is 3.78. The topological polar surface area (TPSA) is 59.1 Å². The molecule has 0 unspecified atom stereocenters. The summed E-state index contributed by atoms with van der Waals surface area (Å²) >= 11 is 0. The van der Waals surface area contributed by atoms with Crippen LogP contribution in [0.5, 0.6) is 0 Å². The Morgan fingerprint density at radius 3 is 1.44 bits per heavy atom. The third kappa shape index (κ3) is 10.5. The summed E-state index contributed by atoms with van der Waals surface area (Å²) in [6, 6.07) is 0. The molecule has 0 aromatic carbocycles. The maximum absolute atomic E-state index is 11.0. The first-order chi connectivity index (χ1) is 8.41. The molecule has 0 fully saturated rings. The molecular formula is C12H16N2O4. The minimum atomic E-state index is -0.695. The van der Waals surface area contributed by atoms with Crippen LogP contribution in [0.3, 0.4) is 0 Å². The van der Waals surface area contributed by atoms with E-state index in [1.54, 1.807) is 38.0 Å². The van der Waals surface area contributed by atoms with Gasteiger partial charge >= 0.3 is 11.9 Å². The van der Waals surface area contributed by atoms with Gasteiger partial charge in [0, 0.05) is 11.8 Å². The van der Waals surface area contributed by atoms with E-state index in [2.05, 4.69) is 23.7 Å². The van der Waals surface area contributed by atoms with E-state index < -0.39 is 11.9 Å². The average molecular weight is 252 g/mol. The van der Waals surface area contributed by atoms with Crippen molar-refractivity contribution in [2.75, 3.05) is 41.7 Å². The predicted octanol–water partition coefficient (Wildman–Crippen LogP) is -0.882. The van der Waals surface area contributed by atoms with E-state index >= 15 is 0 Å². The van der Waals surface area contributed by atoms with Gasteiger partial charge in [-0.1, -0.05) is 0 Å². The fourth-order valence-corrected chi connectivity index (χ4v) is 0.612. The van der Waals surface area contributed by atoms with Gasteiger partial charge in [0.15, 0.2) is 0 Å². The van der Waals surface area contributed by atoms with Crippen molar-refractivity contribution >= 4 is 11.9 Å². The van der Waals surface area contributed by atoms with E-state index in [4.69, 9.17) is 9.47 Å². The van der Waals surface area contributed by atoms with E-state index in [9.17, 15) is 9.59 Å². The molecule has 0 aromatic heterocycles. The molecule has 0 spiro atoms.